The molecule has 0 fully saturated rings. The van der Waals surface area contributed by atoms with Crippen LogP contribution in [0.4, 0.5) is 0 Å². The summed E-state index contributed by atoms with van der Waals surface area (Å²) in [6, 6.07) is 30.9. The van der Waals surface area contributed by atoms with E-state index >= 15 is 0 Å². The minimum atomic E-state index is 1.17. The van der Waals surface area contributed by atoms with Crippen LogP contribution in [0.2, 0.25) is 0 Å². The van der Waals surface area contributed by atoms with E-state index in [-0.39, 0.29) is 0 Å². The van der Waals surface area contributed by atoms with Gasteiger partial charge in [0.15, 0.2) is 0 Å². The predicted molar refractivity (Wildman–Crippen MR) is 100 cm³/mol. The Bertz CT molecular complexity index is 840. The summed E-state index contributed by atoms with van der Waals surface area (Å²) in [6.45, 7) is 3.63. The van der Waals surface area contributed by atoms with Gasteiger partial charge in [-0.2, -0.15) is 0 Å². The molecule has 1 nitrogen and oxygen atoms in total. The zero-order valence-corrected chi connectivity index (χ0v) is 12.9. The van der Waals surface area contributed by atoms with E-state index in [2.05, 4.69) is 60.1 Å². The number of nitrogens with one attached hydrogen (secondary N) is 1. The lowest BCUT2D eigenvalue weighted by Gasteiger charge is -1.94. The van der Waals surface area contributed by atoms with E-state index in [0.29, 0.717) is 0 Å². The first-order chi connectivity index (χ1) is 11.4. The van der Waals surface area contributed by atoms with Gasteiger partial charge < -0.3 is 4.98 Å². The third-order valence-electron chi connectivity index (χ3n) is 3.65. The van der Waals surface area contributed by atoms with Crippen molar-refractivity contribution in [3.05, 3.63) is 103 Å². The van der Waals surface area contributed by atoms with Crippen LogP contribution in [-0.2, 0) is 0 Å². The van der Waals surface area contributed by atoms with Crippen molar-refractivity contribution in [2.45, 2.75) is 0 Å². The van der Waals surface area contributed by atoms with Gasteiger partial charge in [0.25, 0.3) is 0 Å². The summed E-state index contributed by atoms with van der Waals surface area (Å²) in [6.07, 6.45) is 1.83. The van der Waals surface area contributed by atoms with Crippen LogP contribution in [0.3, 0.4) is 0 Å². The Balaban J connectivity index is 0.000000166. The van der Waals surface area contributed by atoms with Crippen molar-refractivity contribution >= 4 is 17.0 Å². The van der Waals surface area contributed by atoms with Gasteiger partial charge in [0.1, 0.15) is 0 Å². The van der Waals surface area contributed by atoms with Gasteiger partial charge in [-0.05, 0) is 23.3 Å². The fraction of sp³-hybridized carbons (Fsp3) is 0. The summed E-state index contributed by atoms with van der Waals surface area (Å²) in [5.41, 5.74) is 4.77. The van der Waals surface area contributed by atoms with Crippen LogP contribution in [0, 0.1) is 0 Å². The average molecular weight is 297 g/mol. The third kappa shape index (κ3) is 3.78. The van der Waals surface area contributed by atoms with Crippen molar-refractivity contribution in [2.24, 2.45) is 0 Å². The first-order valence-corrected chi connectivity index (χ1v) is 7.67. The smallest absolute Gasteiger partial charge is 0.0464 e. The molecule has 0 atom stereocenters. The van der Waals surface area contributed by atoms with Gasteiger partial charge >= 0.3 is 0 Å². The normalized spacial score (nSPS) is 9.91. The number of fused-ring (bicyclic) bond motifs is 1. The van der Waals surface area contributed by atoms with E-state index in [0.717, 1.165) is 0 Å². The lowest BCUT2D eigenvalue weighted by atomic mass is 10.1. The van der Waals surface area contributed by atoms with Crippen LogP contribution in [-0.4, -0.2) is 4.98 Å². The summed E-state index contributed by atoms with van der Waals surface area (Å²) >= 11 is 0. The average Bonchev–Trinajstić information content (AvgIpc) is 3.08. The highest BCUT2D eigenvalue weighted by atomic mass is 14.7. The molecule has 0 aliphatic rings. The minimum absolute atomic E-state index is 1.17. The second-order valence-electron chi connectivity index (χ2n) is 5.25. The van der Waals surface area contributed by atoms with Crippen molar-refractivity contribution in [3.8, 4) is 11.3 Å². The summed E-state index contributed by atoms with van der Waals surface area (Å²) in [5, 5.41) is 1.26. The molecule has 1 N–H and O–H groups in total. The molecule has 0 amide bonds. The fourth-order valence-electron chi connectivity index (χ4n) is 2.44. The Hall–Kier alpha value is -3.06. The molecule has 3 aromatic carbocycles. The molecule has 0 unspecified atom stereocenters. The van der Waals surface area contributed by atoms with Crippen molar-refractivity contribution in [2.75, 3.05) is 0 Å². The van der Waals surface area contributed by atoms with E-state index in [1.165, 1.54) is 27.7 Å². The van der Waals surface area contributed by atoms with Gasteiger partial charge in [-0.15, -0.1) is 0 Å². The summed E-state index contributed by atoms with van der Waals surface area (Å²) in [5.74, 6) is 0. The zero-order chi connectivity index (χ0) is 15.9. The van der Waals surface area contributed by atoms with Gasteiger partial charge in [0.2, 0.25) is 0 Å². The first kappa shape index (κ1) is 14.9. The van der Waals surface area contributed by atoms with Gasteiger partial charge in [-0.3, -0.25) is 0 Å². The number of aromatic amines is 1. The largest absolute Gasteiger partial charge is 0.355 e. The quantitative estimate of drug-likeness (QED) is 0.456. The molecule has 23 heavy (non-hydrogen) atoms. The number of H-pyrrole nitrogens is 1. The van der Waals surface area contributed by atoms with Gasteiger partial charge in [-0.1, -0.05) is 91.5 Å². The summed E-state index contributed by atoms with van der Waals surface area (Å²) in [4.78, 5) is 3.41. The molecule has 1 heterocycles. The molecule has 1 aromatic heterocycles. The number of para-hydroxylation sites is 1. The van der Waals surface area contributed by atoms with Crippen molar-refractivity contribution in [1.29, 1.82) is 0 Å². The maximum absolute atomic E-state index is 3.63. The van der Waals surface area contributed by atoms with E-state index in [1.54, 1.807) is 0 Å². The zero-order valence-electron chi connectivity index (χ0n) is 12.9. The number of rotatable bonds is 2. The number of aromatic nitrogens is 1. The van der Waals surface area contributed by atoms with E-state index in [9.17, 15) is 0 Å². The SMILES string of the molecule is C=Cc1ccccc1.c1ccc(-c2cc3ccccc3[nH]2)cc1. The van der Waals surface area contributed by atoms with Crippen LogP contribution in [0.5, 0.6) is 0 Å². The van der Waals surface area contributed by atoms with Crippen LogP contribution in [0.25, 0.3) is 28.2 Å². The van der Waals surface area contributed by atoms with Crippen molar-refractivity contribution < 1.29 is 0 Å². The molecule has 0 spiro atoms. The molecule has 1 heteroatoms. The molecule has 0 aliphatic heterocycles. The standard InChI is InChI=1S/C14H11N.C8H8/c1-2-6-11(7-3-1)14-10-12-8-4-5-9-13(12)15-14;1-2-8-6-4-3-5-7-8/h1-10,15H;2-7H,1H2. The van der Waals surface area contributed by atoms with Gasteiger partial charge in [0.05, 0.1) is 0 Å². The van der Waals surface area contributed by atoms with E-state index in [4.69, 9.17) is 0 Å². The van der Waals surface area contributed by atoms with E-state index < -0.39 is 0 Å². The number of benzene rings is 3. The molecular formula is C22H19N. The lowest BCUT2D eigenvalue weighted by molar-refractivity contribution is 1.45. The maximum Gasteiger partial charge on any atom is 0.0464 e. The fourth-order valence-corrected chi connectivity index (χ4v) is 2.44. The highest BCUT2D eigenvalue weighted by Crippen LogP contribution is 2.23. The second-order valence-corrected chi connectivity index (χ2v) is 5.25. The Morgan fingerprint density at radius 1 is 0.696 bits per heavy atom. The Morgan fingerprint density at radius 2 is 1.30 bits per heavy atom. The van der Waals surface area contributed by atoms with Crippen LogP contribution in [0.1, 0.15) is 5.56 Å². The number of hydrogen-bond donors (Lipinski definition) is 1. The molecular weight excluding hydrogens is 278 g/mol. The summed E-state index contributed by atoms with van der Waals surface area (Å²) < 4.78 is 0. The van der Waals surface area contributed by atoms with E-state index in [1.807, 2.05) is 48.5 Å². The molecule has 0 saturated carbocycles. The molecule has 112 valence electrons. The first-order valence-electron chi connectivity index (χ1n) is 7.67. The molecule has 0 saturated heterocycles. The van der Waals surface area contributed by atoms with Gasteiger partial charge in [-0.25, -0.2) is 0 Å². The Kier molecular flexibility index (Phi) is 4.70. The van der Waals surface area contributed by atoms with Gasteiger partial charge in [0, 0.05) is 16.6 Å². The monoisotopic (exact) mass is 297 g/mol. The van der Waals surface area contributed by atoms with Crippen LogP contribution < -0.4 is 0 Å². The summed E-state index contributed by atoms with van der Waals surface area (Å²) in [7, 11) is 0. The highest BCUT2D eigenvalue weighted by molar-refractivity contribution is 5.85. The number of hydrogen-bond acceptors (Lipinski definition) is 0. The Labute approximate surface area is 136 Å². The lowest BCUT2D eigenvalue weighted by Crippen LogP contribution is -1.74. The Morgan fingerprint density at radius 3 is 1.91 bits per heavy atom. The van der Waals surface area contributed by atoms with Crippen molar-refractivity contribution in [1.82, 2.24) is 4.98 Å². The predicted octanol–water partition coefficient (Wildman–Crippen LogP) is 6.16. The van der Waals surface area contributed by atoms with Crippen molar-refractivity contribution in [3.63, 3.8) is 0 Å². The maximum atomic E-state index is 3.63. The molecule has 4 aromatic rings. The molecule has 0 radical (unpaired) electrons. The minimum Gasteiger partial charge on any atom is -0.355 e. The topological polar surface area (TPSA) is 15.8 Å². The second kappa shape index (κ2) is 7.28. The molecule has 4 rings (SSSR count). The van der Waals surface area contributed by atoms with Crippen LogP contribution >= 0.6 is 0 Å². The van der Waals surface area contributed by atoms with Crippen LogP contribution in [0.15, 0.2) is 97.6 Å². The molecule has 0 aliphatic carbocycles. The third-order valence-corrected chi connectivity index (χ3v) is 3.65. The molecule has 0 bridgehead atoms. The highest BCUT2D eigenvalue weighted by Gasteiger charge is 2.00.